The molecular formula is C22H29N5O. The Kier molecular flexibility index (Phi) is 5.86. The first kappa shape index (κ1) is 18.9. The SMILES string of the molecule is CC1CCN(c2ccc(C(=O)N3CCN(Cc4ccccc4)CC3)nn2)CC1. The van der Waals surface area contributed by atoms with Gasteiger partial charge in [-0.2, -0.15) is 0 Å². The molecule has 0 unspecified atom stereocenters. The Morgan fingerprint density at radius 3 is 2.29 bits per heavy atom. The molecule has 2 saturated heterocycles. The number of carbonyl (C=O) groups excluding carboxylic acids is 1. The molecule has 148 valence electrons. The molecule has 0 aliphatic carbocycles. The van der Waals surface area contributed by atoms with Gasteiger partial charge in [-0.3, -0.25) is 9.69 Å². The normalized spacial score (nSPS) is 19.0. The van der Waals surface area contributed by atoms with Crippen molar-refractivity contribution in [3.05, 3.63) is 53.7 Å². The molecule has 0 saturated carbocycles. The minimum Gasteiger partial charge on any atom is -0.355 e. The second-order valence-corrected chi connectivity index (χ2v) is 8.00. The molecule has 6 nitrogen and oxygen atoms in total. The van der Waals surface area contributed by atoms with Crippen molar-refractivity contribution in [3.8, 4) is 0 Å². The van der Waals surface area contributed by atoms with Crippen LogP contribution in [-0.2, 0) is 6.54 Å². The molecule has 6 heteroatoms. The molecule has 2 aliphatic rings. The highest BCUT2D eigenvalue weighted by molar-refractivity contribution is 5.92. The third kappa shape index (κ3) is 4.50. The van der Waals surface area contributed by atoms with Crippen molar-refractivity contribution in [3.63, 3.8) is 0 Å². The standard InChI is InChI=1S/C22H29N5O/c1-18-9-11-26(12-10-18)21-8-7-20(23-24-21)22(28)27-15-13-25(14-16-27)17-19-5-3-2-4-6-19/h2-8,18H,9-17H2,1H3. The summed E-state index contributed by atoms with van der Waals surface area (Å²) in [6.45, 7) is 8.52. The number of rotatable bonds is 4. The summed E-state index contributed by atoms with van der Waals surface area (Å²) in [7, 11) is 0. The first-order valence-corrected chi connectivity index (χ1v) is 10.3. The summed E-state index contributed by atoms with van der Waals surface area (Å²) in [6, 6.07) is 14.3. The Labute approximate surface area is 167 Å². The fraction of sp³-hybridized carbons (Fsp3) is 0.500. The van der Waals surface area contributed by atoms with Crippen molar-refractivity contribution in [1.82, 2.24) is 20.0 Å². The molecule has 0 bridgehead atoms. The molecule has 1 aromatic carbocycles. The van der Waals surface area contributed by atoms with Crippen LogP contribution in [-0.4, -0.2) is 65.2 Å². The topological polar surface area (TPSA) is 52.6 Å². The van der Waals surface area contributed by atoms with E-state index < -0.39 is 0 Å². The van der Waals surface area contributed by atoms with E-state index in [0.717, 1.165) is 57.5 Å². The molecule has 4 rings (SSSR count). The van der Waals surface area contributed by atoms with Crippen molar-refractivity contribution in [2.45, 2.75) is 26.3 Å². The van der Waals surface area contributed by atoms with Gasteiger partial charge in [-0.1, -0.05) is 37.3 Å². The highest BCUT2D eigenvalue weighted by Crippen LogP contribution is 2.21. The summed E-state index contributed by atoms with van der Waals surface area (Å²) in [5.41, 5.74) is 1.77. The van der Waals surface area contributed by atoms with Crippen molar-refractivity contribution in [2.75, 3.05) is 44.2 Å². The quantitative estimate of drug-likeness (QED) is 0.818. The zero-order valence-corrected chi connectivity index (χ0v) is 16.6. The van der Waals surface area contributed by atoms with Gasteiger partial charge in [-0.15, -0.1) is 10.2 Å². The van der Waals surface area contributed by atoms with Gasteiger partial charge < -0.3 is 9.80 Å². The Morgan fingerprint density at radius 1 is 0.929 bits per heavy atom. The van der Waals surface area contributed by atoms with Gasteiger partial charge in [0.1, 0.15) is 0 Å². The zero-order chi connectivity index (χ0) is 19.3. The van der Waals surface area contributed by atoms with E-state index in [1.807, 2.05) is 23.1 Å². The van der Waals surface area contributed by atoms with E-state index in [1.54, 1.807) is 0 Å². The molecule has 3 heterocycles. The van der Waals surface area contributed by atoms with Crippen molar-refractivity contribution in [2.24, 2.45) is 5.92 Å². The maximum Gasteiger partial charge on any atom is 0.274 e. The number of piperazine rings is 1. The summed E-state index contributed by atoms with van der Waals surface area (Å²) >= 11 is 0. The van der Waals surface area contributed by atoms with Crippen LogP contribution in [0.5, 0.6) is 0 Å². The molecule has 0 atom stereocenters. The van der Waals surface area contributed by atoms with E-state index in [4.69, 9.17) is 0 Å². The van der Waals surface area contributed by atoms with Crippen molar-refractivity contribution >= 4 is 11.7 Å². The number of nitrogens with zero attached hydrogens (tertiary/aromatic N) is 5. The average Bonchev–Trinajstić information content (AvgIpc) is 2.75. The molecule has 1 aromatic heterocycles. The van der Waals surface area contributed by atoms with Crippen LogP contribution in [0.15, 0.2) is 42.5 Å². The van der Waals surface area contributed by atoms with Crippen LogP contribution in [0.2, 0.25) is 0 Å². The highest BCUT2D eigenvalue weighted by atomic mass is 16.2. The lowest BCUT2D eigenvalue weighted by Crippen LogP contribution is -2.48. The van der Waals surface area contributed by atoms with E-state index in [9.17, 15) is 4.79 Å². The number of benzene rings is 1. The number of hydrogen-bond acceptors (Lipinski definition) is 5. The van der Waals surface area contributed by atoms with Crippen molar-refractivity contribution in [1.29, 1.82) is 0 Å². The molecular weight excluding hydrogens is 350 g/mol. The van der Waals surface area contributed by atoms with Gasteiger partial charge in [-0.05, 0) is 36.5 Å². The average molecular weight is 380 g/mol. The first-order valence-electron chi connectivity index (χ1n) is 10.3. The van der Waals surface area contributed by atoms with E-state index in [0.29, 0.717) is 5.69 Å². The Hall–Kier alpha value is -2.47. The smallest absolute Gasteiger partial charge is 0.274 e. The lowest BCUT2D eigenvalue weighted by molar-refractivity contribution is 0.0621. The lowest BCUT2D eigenvalue weighted by atomic mass is 9.99. The van der Waals surface area contributed by atoms with E-state index in [2.05, 4.69) is 51.2 Å². The number of anilines is 1. The fourth-order valence-corrected chi connectivity index (χ4v) is 3.96. The van der Waals surface area contributed by atoms with E-state index >= 15 is 0 Å². The molecule has 28 heavy (non-hydrogen) atoms. The summed E-state index contributed by atoms with van der Waals surface area (Å²) in [6.07, 6.45) is 2.38. The Morgan fingerprint density at radius 2 is 1.64 bits per heavy atom. The Balaban J connectivity index is 1.30. The molecule has 1 amide bonds. The summed E-state index contributed by atoms with van der Waals surface area (Å²) in [5.74, 6) is 1.66. The van der Waals surface area contributed by atoms with Crippen LogP contribution in [0.1, 0.15) is 35.8 Å². The zero-order valence-electron chi connectivity index (χ0n) is 16.6. The third-order valence-corrected chi connectivity index (χ3v) is 5.89. The molecule has 2 aromatic rings. The van der Waals surface area contributed by atoms with Crippen LogP contribution in [0, 0.1) is 5.92 Å². The number of aromatic nitrogens is 2. The van der Waals surface area contributed by atoms with Crippen LogP contribution in [0.25, 0.3) is 0 Å². The predicted octanol–water partition coefficient (Wildman–Crippen LogP) is 2.67. The van der Waals surface area contributed by atoms with Gasteiger partial charge >= 0.3 is 0 Å². The first-order chi connectivity index (χ1) is 13.7. The van der Waals surface area contributed by atoms with Gasteiger partial charge in [-0.25, -0.2) is 0 Å². The lowest BCUT2D eigenvalue weighted by Gasteiger charge is -2.34. The predicted molar refractivity (Wildman–Crippen MR) is 110 cm³/mol. The molecule has 0 spiro atoms. The van der Waals surface area contributed by atoms with Gasteiger partial charge in [0.25, 0.3) is 5.91 Å². The minimum absolute atomic E-state index is 0.00863. The van der Waals surface area contributed by atoms with Crippen LogP contribution < -0.4 is 4.90 Å². The monoisotopic (exact) mass is 379 g/mol. The van der Waals surface area contributed by atoms with Crippen LogP contribution >= 0.6 is 0 Å². The molecule has 2 aliphatic heterocycles. The third-order valence-electron chi connectivity index (χ3n) is 5.89. The molecule has 0 radical (unpaired) electrons. The fourth-order valence-electron chi connectivity index (χ4n) is 3.96. The van der Waals surface area contributed by atoms with Crippen molar-refractivity contribution < 1.29 is 4.79 Å². The van der Waals surface area contributed by atoms with Gasteiger partial charge in [0.05, 0.1) is 0 Å². The van der Waals surface area contributed by atoms with Gasteiger partial charge in [0, 0.05) is 45.8 Å². The second kappa shape index (κ2) is 8.69. The highest BCUT2D eigenvalue weighted by Gasteiger charge is 2.24. The maximum absolute atomic E-state index is 12.8. The summed E-state index contributed by atoms with van der Waals surface area (Å²) in [4.78, 5) is 19.3. The van der Waals surface area contributed by atoms with Crippen LogP contribution in [0.4, 0.5) is 5.82 Å². The minimum atomic E-state index is -0.00863. The Bertz CT molecular complexity index is 763. The van der Waals surface area contributed by atoms with Gasteiger partial charge in [0.15, 0.2) is 11.5 Å². The van der Waals surface area contributed by atoms with E-state index in [-0.39, 0.29) is 5.91 Å². The largest absolute Gasteiger partial charge is 0.355 e. The number of piperidine rings is 1. The maximum atomic E-state index is 12.8. The summed E-state index contributed by atoms with van der Waals surface area (Å²) < 4.78 is 0. The van der Waals surface area contributed by atoms with Crippen LogP contribution in [0.3, 0.4) is 0 Å². The number of hydrogen-bond donors (Lipinski definition) is 0. The molecule has 2 fully saturated rings. The van der Waals surface area contributed by atoms with Gasteiger partial charge in [0.2, 0.25) is 0 Å². The summed E-state index contributed by atoms with van der Waals surface area (Å²) in [5, 5.41) is 8.57. The molecule has 0 N–H and O–H groups in total. The number of carbonyl (C=O) groups is 1. The second-order valence-electron chi connectivity index (χ2n) is 8.00. The van der Waals surface area contributed by atoms with E-state index in [1.165, 1.54) is 18.4 Å². The number of amides is 1.